The molecule has 3 aromatic rings. The van der Waals surface area contributed by atoms with Gasteiger partial charge in [-0.15, -0.1) is 10.2 Å². The zero-order chi connectivity index (χ0) is 21.5. The molecule has 0 spiro atoms. The van der Waals surface area contributed by atoms with E-state index >= 15 is 0 Å². The molecule has 3 N–H and O–H groups in total. The van der Waals surface area contributed by atoms with Gasteiger partial charge in [0.25, 0.3) is 0 Å². The highest BCUT2D eigenvalue weighted by Gasteiger charge is 2.27. The van der Waals surface area contributed by atoms with Crippen molar-refractivity contribution in [3.8, 4) is 10.6 Å². The Bertz CT molecular complexity index is 1010. The number of urea groups is 1. The van der Waals surface area contributed by atoms with E-state index in [-0.39, 0.29) is 5.92 Å². The van der Waals surface area contributed by atoms with Crippen LogP contribution in [-0.2, 0) is 4.79 Å². The summed E-state index contributed by atoms with van der Waals surface area (Å²) in [6, 6.07) is 13.7. The highest BCUT2D eigenvalue weighted by molar-refractivity contribution is 7.18. The van der Waals surface area contributed by atoms with Gasteiger partial charge in [0.1, 0.15) is 16.9 Å². The van der Waals surface area contributed by atoms with Gasteiger partial charge in [-0.1, -0.05) is 68.0 Å². The van der Waals surface area contributed by atoms with Crippen molar-refractivity contribution in [3.63, 3.8) is 0 Å². The molecule has 2 unspecified atom stereocenters. The second-order valence-corrected chi connectivity index (χ2v) is 7.72. The maximum Gasteiger partial charge on any atom is 0.319 e. The second-order valence-electron chi connectivity index (χ2n) is 6.74. The van der Waals surface area contributed by atoms with Crippen molar-refractivity contribution in [2.75, 3.05) is 10.6 Å². The normalized spacial score (nSPS) is 12.6. The molecule has 0 aliphatic carbocycles. The van der Waals surface area contributed by atoms with Crippen molar-refractivity contribution in [2.45, 2.75) is 26.3 Å². The number of carbonyl (C=O) groups excluding carboxylic acids is 2. The molecule has 9 heteroatoms. The van der Waals surface area contributed by atoms with Gasteiger partial charge in [-0.3, -0.25) is 10.1 Å². The third-order valence-corrected chi connectivity index (χ3v) is 5.43. The van der Waals surface area contributed by atoms with Crippen LogP contribution in [0.3, 0.4) is 0 Å². The van der Waals surface area contributed by atoms with Gasteiger partial charge in [-0.25, -0.2) is 9.18 Å². The van der Waals surface area contributed by atoms with E-state index in [1.165, 1.54) is 29.5 Å². The molecule has 0 saturated carbocycles. The quantitative estimate of drug-likeness (QED) is 0.517. The smallest absolute Gasteiger partial charge is 0.319 e. The van der Waals surface area contributed by atoms with Crippen molar-refractivity contribution >= 4 is 34.1 Å². The molecule has 3 amide bonds. The first-order valence-electron chi connectivity index (χ1n) is 9.49. The van der Waals surface area contributed by atoms with Crippen LogP contribution in [0.1, 0.15) is 20.3 Å². The van der Waals surface area contributed by atoms with Gasteiger partial charge in [0, 0.05) is 11.3 Å². The summed E-state index contributed by atoms with van der Waals surface area (Å²) < 4.78 is 13.3. The Morgan fingerprint density at radius 1 is 1.07 bits per heavy atom. The number of halogens is 1. The van der Waals surface area contributed by atoms with E-state index in [1.807, 2.05) is 44.2 Å². The van der Waals surface area contributed by atoms with Gasteiger partial charge in [-0.05, 0) is 24.1 Å². The minimum absolute atomic E-state index is 0.134. The molecule has 0 fully saturated rings. The summed E-state index contributed by atoms with van der Waals surface area (Å²) >= 11 is 1.25. The first-order valence-corrected chi connectivity index (χ1v) is 10.3. The van der Waals surface area contributed by atoms with Crippen LogP contribution in [0.15, 0.2) is 54.6 Å². The van der Waals surface area contributed by atoms with Crippen molar-refractivity contribution in [3.05, 3.63) is 60.4 Å². The number of hydrogen-bond acceptors (Lipinski definition) is 5. The van der Waals surface area contributed by atoms with Crippen molar-refractivity contribution in [1.29, 1.82) is 0 Å². The average Bonchev–Trinajstić information content (AvgIpc) is 3.20. The van der Waals surface area contributed by atoms with Crippen molar-refractivity contribution in [2.24, 2.45) is 5.92 Å². The lowest BCUT2D eigenvalue weighted by atomic mass is 9.98. The molecular weight excluding hydrogens is 405 g/mol. The molecule has 3 rings (SSSR count). The lowest BCUT2D eigenvalue weighted by Crippen LogP contribution is -2.49. The molecule has 0 aliphatic rings. The fourth-order valence-corrected chi connectivity index (χ4v) is 3.48. The third-order valence-electron chi connectivity index (χ3n) is 4.54. The van der Waals surface area contributed by atoms with Crippen LogP contribution in [0.2, 0.25) is 0 Å². The molecule has 0 bridgehead atoms. The first-order chi connectivity index (χ1) is 14.5. The summed E-state index contributed by atoms with van der Waals surface area (Å²) in [6.45, 7) is 3.79. The van der Waals surface area contributed by atoms with Gasteiger partial charge in [0.15, 0.2) is 0 Å². The van der Waals surface area contributed by atoms with Gasteiger partial charge in [0.2, 0.25) is 11.0 Å². The highest BCUT2D eigenvalue weighted by Crippen LogP contribution is 2.26. The van der Waals surface area contributed by atoms with E-state index in [4.69, 9.17) is 0 Å². The first kappa shape index (κ1) is 21.4. The molecule has 0 aliphatic heterocycles. The predicted molar refractivity (Wildman–Crippen MR) is 116 cm³/mol. The van der Waals surface area contributed by atoms with Crippen LogP contribution < -0.4 is 16.0 Å². The van der Waals surface area contributed by atoms with E-state index in [9.17, 15) is 14.0 Å². The number of nitrogens with one attached hydrogen (secondary N) is 3. The molecular formula is C21H22FN5O2S. The Kier molecular flexibility index (Phi) is 7.08. The topological polar surface area (TPSA) is 96.0 Å². The monoisotopic (exact) mass is 427 g/mol. The average molecular weight is 428 g/mol. The molecule has 1 heterocycles. The van der Waals surface area contributed by atoms with Crippen LogP contribution in [-0.4, -0.2) is 28.2 Å². The lowest BCUT2D eigenvalue weighted by molar-refractivity contribution is -0.119. The van der Waals surface area contributed by atoms with Crippen LogP contribution in [0.4, 0.5) is 20.0 Å². The highest BCUT2D eigenvalue weighted by atomic mass is 32.1. The third kappa shape index (κ3) is 5.60. The van der Waals surface area contributed by atoms with E-state index in [2.05, 4.69) is 26.1 Å². The Labute approximate surface area is 177 Å². The van der Waals surface area contributed by atoms with Crippen LogP contribution in [0.25, 0.3) is 10.6 Å². The zero-order valence-corrected chi connectivity index (χ0v) is 17.4. The van der Waals surface area contributed by atoms with E-state index < -0.39 is 23.8 Å². The van der Waals surface area contributed by atoms with Crippen LogP contribution in [0, 0.1) is 11.7 Å². The van der Waals surface area contributed by atoms with Crippen molar-refractivity contribution < 1.29 is 14.0 Å². The van der Waals surface area contributed by atoms with Gasteiger partial charge in [0.05, 0.1) is 0 Å². The number of anilines is 2. The number of hydrogen-bond donors (Lipinski definition) is 3. The van der Waals surface area contributed by atoms with E-state index in [0.717, 1.165) is 5.56 Å². The summed E-state index contributed by atoms with van der Waals surface area (Å²) in [6.07, 6.45) is 0.670. The van der Waals surface area contributed by atoms with E-state index in [0.29, 0.717) is 22.2 Å². The zero-order valence-electron chi connectivity index (χ0n) is 16.6. The Balaban J connectivity index is 1.67. The second kappa shape index (κ2) is 9.93. The summed E-state index contributed by atoms with van der Waals surface area (Å²) in [7, 11) is 0. The fraction of sp³-hybridized carbons (Fsp3) is 0.238. The molecule has 7 nitrogen and oxygen atoms in total. The minimum atomic E-state index is -0.798. The number of benzene rings is 2. The Hall–Kier alpha value is -3.33. The fourth-order valence-electron chi connectivity index (χ4n) is 2.73. The molecule has 1 aromatic heterocycles. The molecule has 2 aromatic carbocycles. The summed E-state index contributed by atoms with van der Waals surface area (Å²) in [4.78, 5) is 25.2. The van der Waals surface area contributed by atoms with Crippen LogP contribution in [0.5, 0.6) is 0 Å². The Morgan fingerprint density at radius 3 is 2.53 bits per heavy atom. The van der Waals surface area contributed by atoms with Gasteiger partial charge < -0.3 is 10.6 Å². The Morgan fingerprint density at radius 2 is 1.83 bits per heavy atom. The lowest BCUT2D eigenvalue weighted by Gasteiger charge is -2.23. The molecule has 2 atom stereocenters. The van der Waals surface area contributed by atoms with Crippen molar-refractivity contribution in [1.82, 2.24) is 15.5 Å². The number of rotatable bonds is 7. The SMILES string of the molecule is CCC(C)C(NC(=O)Nc1cccc(F)c1)C(=O)Nc1nnc(-c2ccccc2)s1. The largest absolute Gasteiger partial charge is 0.326 e. The summed E-state index contributed by atoms with van der Waals surface area (Å²) in [5.74, 6) is -0.992. The van der Waals surface area contributed by atoms with E-state index in [1.54, 1.807) is 6.07 Å². The maximum atomic E-state index is 13.3. The van der Waals surface area contributed by atoms with Gasteiger partial charge in [-0.2, -0.15) is 0 Å². The molecule has 156 valence electrons. The maximum absolute atomic E-state index is 13.3. The number of aromatic nitrogens is 2. The van der Waals surface area contributed by atoms with Crippen LogP contribution >= 0.6 is 11.3 Å². The minimum Gasteiger partial charge on any atom is -0.326 e. The summed E-state index contributed by atoms with van der Waals surface area (Å²) in [5, 5.41) is 17.1. The molecule has 0 radical (unpaired) electrons. The number of carbonyl (C=O) groups is 2. The molecule has 0 saturated heterocycles. The number of nitrogens with zero attached hydrogens (tertiary/aromatic N) is 2. The predicted octanol–water partition coefficient (Wildman–Crippen LogP) is 4.52. The van der Waals surface area contributed by atoms with Gasteiger partial charge >= 0.3 is 6.03 Å². The summed E-state index contributed by atoms with van der Waals surface area (Å²) in [5.41, 5.74) is 1.20. The number of amides is 3. The standard InChI is InChI=1S/C21H22FN5O2S/c1-3-13(2)17(24-20(29)23-16-11-7-10-15(22)12-16)18(28)25-21-27-26-19(30-21)14-8-5-4-6-9-14/h4-13,17H,3H2,1-2H3,(H2,23,24,29)(H,25,27,28). The molecule has 30 heavy (non-hydrogen) atoms.